The fraction of sp³-hybridized carbons (Fsp3) is 0.250. The molecule has 1 aliphatic carbocycles. The monoisotopic (exact) mass is 365 g/mol. The molecule has 0 fully saturated rings. The zero-order valence-corrected chi connectivity index (χ0v) is 14.9. The van der Waals surface area contributed by atoms with Crippen molar-refractivity contribution in [3.8, 4) is 11.4 Å². The van der Waals surface area contributed by atoms with E-state index in [0.717, 1.165) is 28.1 Å². The molecular formula is C20H20FN5O. The molecule has 27 heavy (non-hydrogen) atoms. The summed E-state index contributed by atoms with van der Waals surface area (Å²) in [6, 6.07) is 5.65. The number of hydrogen-bond donors (Lipinski definition) is 2. The van der Waals surface area contributed by atoms with Gasteiger partial charge in [-0.3, -0.25) is 9.55 Å². The minimum absolute atomic E-state index is 0.113. The number of anilines is 1. The van der Waals surface area contributed by atoms with Crippen LogP contribution < -0.4 is 5.32 Å². The van der Waals surface area contributed by atoms with Crippen molar-refractivity contribution in [2.45, 2.75) is 25.9 Å². The second kappa shape index (κ2) is 7.28. The first-order chi connectivity index (χ1) is 13.1. The smallest absolute Gasteiger partial charge is 0.147 e. The molecule has 2 N–H and O–H groups in total. The molecule has 1 aliphatic rings. The highest BCUT2D eigenvalue weighted by Crippen LogP contribution is 2.32. The Kier molecular flexibility index (Phi) is 4.68. The molecule has 1 atom stereocenters. The molecule has 138 valence electrons. The Balaban J connectivity index is 1.76. The third-order valence-electron chi connectivity index (χ3n) is 4.42. The first kappa shape index (κ1) is 17.4. The number of aromatic nitrogens is 4. The van der Waals surface area contributed by atoms with Gasteiger partial charge in [-0.2, -0.15) is 0 Å². The number of pyridine rings is 2. The van der Waals surface area contributed by atoms with Crippen LogP contribution in [-0.4, -0.2) is 37.3 Å². The van der Waals surface area contributed by atoms with Crippen LogP contribution in [0.5, 0.6) is 0 Å². The van der Waals surface area contributed by atoms with E-state index in [1.165, 1.54) is 6.08 Å². The van der Waals surface area contributed by atoms with Crippen LogP contribution in [0, 0.1) is 0 Å². The van der Waals surface area contributed by atoms with Gasteiger partial charge < -0.3 is 10.4 Å². The Hall–Kier alpha value is -3.06. The van der Waals surface area contributed by atoms with Crippen LogP contribution in [0.3, 0.4) is 0 Å². The van der Waals surface area contributed by atoms with Crippen LogP contribution >= 0.6 is 0 Å². The highest BCUT2D eigenvalue weighted by Gasteiger charge is 2.18. The second-order valence-electron chi connectivity index (χ2n) is 6.57. The quantitative estimate of drug-likeness (QED) is 0.720. The number of halogens is 1. The van der Waals surface area contributed by atoms with Gasteiger partial charge in [-0.25, -0.2) is 14.4 Å². The maximum absolute atomic E-state index is 13.5. The van der Waals surface area contributed by atoms with Crippen molar-refractivity contribution in [3.63, 3.8) is 0 Å². The predicted octanol–water partition coefficient (Wildman–Crippen LogP) is 3.77. The fourth-order valence-corrected chi connectivity index (χ4v) is 3.08. The summed E-state index contributed by atoms with van der Waals surface area (Å²) >= 11 is 0. The third-order valence-corrected chi connectivity index (χ3v) is 4.42. The molecule has 3 aromatic heterocycles. The molecule has 0 amide bonds. The van der Waals surface area contributed by atoms with Crippen molar-refractivity contribution in [1.29, 1.82) is 0 Å². The summed E-state index contributed by atoms with van der Waals surface area (Å²) in [6.07, 6.45) is 9.05. The molecule has 4 rings (SSSR count). The Morgan fingerprint density at radius 2 is 2.11 bits per heavy atom. The molecule has 0 saturated heterocycles. The highest BCUT2D eigenvalue weighted by atomic mass is 19.1. The van der Waals surface area contributed by atoms with E-state index in [-0.39, 0.29) is 5.83 Å². The lowest BCUT2D eigenvalue weighted by molar-refractivity contribution is 0.208. The van der Waals surface area contributed by atoms with Crippen molar-refractivity contribution in [2.24, 2.45) is 0 Å². The molecule has 0 aromatic carbocycles. The van der Waals surface area contributed by atoms with Crippen molar-refractivity contribution < 1.29 is 9.50 Å². The van der Waals surface area contributed by atoms with Crippen LogP contribution in [-0.2, 0) is 0 Å². The van der Waals surface area contributed by atoms with Gasteiger partial charge in [0.25, 0.3) is 0 Å². The number of fused-ring (bicyclic) bond motifs is 1. The minimum atomic E-state index is -0.449. The molecule has 3 heterocycles. The van der Waals surface area contributed by atoms with Gasteiger partial charge >= 0.3 is 0 Å². The maximum Gasteiger partial charge on any atom is 0.147 e. The van der Waals surface area contributed by atoms with Crippen LogP contribution in [0.2, 0.25) is 0 Å². The number of allylic oxidation sites excluding steroid dienone is 4. The van der Waals surface area contributed by atoms with Gasteiger partial charge in [0.15, 0.2) is 0 Å². The van der Waals surface area contributed by atoms with Gasteiger partial charge in [0.2, 0.25) is 0 Å². The minimum Gasteiger partial charge on any atom is -0.392 e. The lowest BCUT2D eigenvalue weighted by Gasteiger charge is -2.15. The zero-order chi connectivity index (χ0) is 18.8. The normalized spacial score (nSPS) is 15.4. The van der Waals surface area contributed by atoms with E-state index in [1.807, 2.05) is 22.8 Å². The number of nitrogens with zero attached hydrogens (tertiary/aromatic N) is 4. The SMILES string of the molecule is CC(O)CNc1ccc(-c2nc3ccncc3n2C2=CC=C(F)CC2)cn1. The van der Waals surface area contributed by atoms with Crippen LogP contribution in [0.1, 0.15) is 19.8 Å². The highest BCUT2D eigenvalue weighted by molar-refractivity contribution is 5.84. The molecule has 6 nitrogen and oxygen atoms in total. The van der Waals surface area contributed by atoms with Gasteiger partial charge in [0, 0.05) is 36.6 Å². The Labute approximate surface area is 156 Å². The Morgan fingerprint density at radius 1 is 1.22 bits per heavy atom. The largest absolute Gasteiger partial charge is 0.392 e. The number of hydrogen-bond acceptors (Lipinski definition) is 5. The van der Waals surface area contributed by atoms with Gasteiger partial charge in [-0.1, -0.05) is 0 Å². The van der Waals surface area contributed by atoms with Crippen molar-refractivity contribution in [1.82, 2.24) is 19.5 Å². The van der Waals surface area contributed by atoms with Gasteiger partial charge in [-0.15, -0.1) is 0 Å². The van der Waals surface area contributed by atoms with E-state index in [4.69, 9.17) is 4.98 Å². The average Bonchev–Trinajstić information content (AvgIpc) is 3.07. The number of nitrogens with one attached hydrogen (secondary N) is 1. The van der Waals surface area contributed by atoms with E-state index in [2.05, 4.69) is 15.3 Å². The van der Waals surface area contributed by atoms with Crippen LogP contribution in [0.25, 0.3) is 28.1 Å². The van der Waals surface area contributed by atoms with E-state index in [1.54, 1.807) is 31.6 Å². The lowest BCUT2D eigenvalue weighted by atomic mass is 10.1. The van der Waals surface area contributed by atoms with E-state index in [9.17, 15) is 9.50 Å². The first-order valence-electron chi connectivity index (χ1n) is 8.88. The predicted molar refractivity (Wildman–Crippen MR) is 104 cm³/mol. The molecule has 3 aromatic rings. The standard InChI is InChI=1S/C20H20FN5O/c1-13(27)10-23-19-7-2-14(11-24-19)20-25-17-8-9-22-12-18(17)26(20)16-5-3-15(21)4-6-16/h2-3,5,7-9,11-13,27H,4,6,10H2,1H3,(H,23,24). The summed E-state index contributed by atoms with van der Waals surface area (Å²) in [7, 11) is 0. The first-order valence-corrected chi connectivity index (χ1v) is 8.88. The molecule has 1 unspecified atom stereocenters. The summed E-state index contributed by atoms with van der Waals surface area (Å²) < 4.78 is 15.5. The Morgan fingerprint density at radius 3 is 2.81 bits per heavy atom. The molecule has 7 heteroatoms. The summed E-state index contributed by atoms with van der Waals surface area (Å²) in [5.41, 5.74) is 3.53. The van der Waals surface area contributed by atoms with E-state index < -0.39 is 6.10 Å². The van der Waals surface area contributed by atoms with Gasteiger partial charge in [0.05, 0.1) is 23.3 Å². The van der Waals surface area contributed by atoms with E-state index >= 15 is 0 Å². The van der Waals surface area contributed by atoms with Crippen molar-refractivity contribution in [2.75, 3.05) is 11.9 Å². The fourth-order valence-electron chi connectivity index (χ4n) is 3.08. The summed E-state index contributed by atoms with van der Waals surface area (Å²) in [5, 5.41) is 12.5. The number of rotatable bonds is 5. The number of aliphatic hydroxyl groups excluding tert-OH is 1. The number of imidazole rings is 1. The van der Waals surface area contributed by atoms with Crippen molar-refractivity contribution >= 4 is 22.5 Å². The van der Waals surface area contributed by atoms with Crippen LogP contribution in [0.15, 0.2) is 54.8 Å². The second-order valence-corrected chi connectivity index (χ2v) is 6.57. The summed E-state index contributed by atoms with van der Waals surface area (Å²) in [4.78, 5) is 13.4. The molecule has 0 aliphatic heterocycles. The number of aliphatic hydroxyl groups is 1. The third kappa shape index (κ3) is 3.59. The maximum atomic E-state index is 13.5. The zero-order valence-electron chi connectivity index (χ0n) is 14.9. The lowest BCUT2D eigenvalue weighted by Crippen LogP contribution is -2.15. The Bertz CT molecular complexity index is 1020. The molecule has 0 spiro atoms. The van der Waals surface area contributed by atoms with Crippen LogP contribution in [0.4, 0.5) is 10.2 Å². The van der Waals surface area contributed by atoms with E-state index in [0.29, 0.717) is 25.2 Å². The summed E-state index contributed by atoms with van der Waals surface area (Å²) in [6.45, 7) is 2.15. The molecular weight excluding hydrogens is 345 g/mol. The average molecular weight is 365 g/mol. The van der Waals surface area contributed by atoms with Gasteiger partial charge in [-0.05, 0) is 43.7 Å². The summed E-state index contributed by atoms with van der Waals surface area (Å²) in [5.74, 6) is 1.32. The molecule has 0 radical (unpaired) electrons. The molecule has 0 bridgehead atoms. The van der Waals surface area contributed by atoms with Gasteiger partial charge in [0.1, 0.15) is 17.5 Å². The topological polar surface area (TPSA) is 75.9 Å². The molecule has 0 saturated carbocycles. The van der Waals surface area contributed by atoms with Crippen molar-refractivity contribution in [3.05, 3.63) is 54.8 Å².